The minimum atomic E-state index is -3.98. The lowest BCUT2D eigenvalue weighted by Gasteiger charge is -2.36. The highest BCUT2D eigenvalue weighted by Gasteiger charge is 2.39. The number of ether oxygens (including phenoxy) is 1. The van der Waals surface area contributed by atoms with Crippen LogP contribution in [0.3, 0.4) is 0 Å². The molecule has 5 rings (SSSR count). The minimum Gasteiger partial charge on any atom is -0.445 e. The number of amides is 1. The monoisotopic (exact) mass is 504 g/mol. The van der Waals surface area contributed by atoms with Crippen molar-refractivity contribution >= 4 is 27.0 Å². The Morgan fingerprint density at radius 2 is 1.69 bits per heavy atom. The predicted molar refractivity (Wildman–Crippen MR) is 137 cm³/mol. The maximum Gasteiger partial charge on any atom is 0.410 e. The maximum absolute atomic E-state index is 14.0. The Kier molecular flexibility index (Phi) is 6.55. The van der Waals surface area contributed by atoms with Crippen molar-refractivity contribution in [3.05, 3.63) is 101 Å². The van der Waals surface area contributed by atoms with Crippen LogP contribution in [0.5, 0.6) is 0 Å². The molecule has 0 spiro atoms. The zero-order chi connectivity index (χ0) is 25.3. The average molecular weight is 505 g/mol. The number of hydrogen-bond donors (Lipinski definition) is 1. The molecule has 2 heterocycles. The number of rotatable bonds is 6. The van der Waals surface area contributed by atoms with Crippen molar-refractivity contribution in [1.29, 1.82) is 0 Å². The standard InChI is InChI=1S/C28H28N2O5S/c1-20-11-13-22(14-12-20)36(33,34)30-25-10-6-5-9-23(25)24-15-17-29(26(16-18-31)27(24)30)28(32)35-19-21-7-3-2-4-8-21/h2-14,26,31H,15-19H2,1H3/t26-/m0/s1. The number of hydrogen-bond acceptors (Lipinski definition) is 5. The van der Waals surface area contributed by atoms with Gasteiger partial charge in [-0.2, -0.15) is 0 Å². The first kappa shape index (κ1) is 24.1. The van der Waals surface area contributed by atoms with Gasteiger partial charge in [-0.3, -0.25) is 4.90 Å². The van der Waals surface area contributed by atoms with Gasteiger partial charge in [0.15, 0.2) is 0 Å². The van der Waals surface area contributed by atoms with Gasteiger partial charge in [-0.25, -0.2) is 17.2 Å². The molecule has 3 aromatic carbocycles. The molecule has 0 radical (unpaired) electrons. The minimum absolute atomic E-state index is 0.111. The summed E-state index contributed by atoms with van der Waals surface area (Å²) in [6.45, 7) is 2.17. The molecule has 1 amide bonds. The lowest BCUT2D eigenvalue weighted by molar-refractivity contribution is 0.0695. The molecule has 186 valence electrons. The first-order valence-corrected chi connectivity index (χ1v) is 13.4. The number of carbonyl (C=O) groups excluding carboxylic acids is 1. The number of aliphatic hydroxyl groups is 1. The molecule has 1 atom stereocenters. The highest BCUT2D eigenvalue weighted by molar-refractivity contribution is 7.90. The van der Waals surface area contributed by atoms with E-state index in [1.165, 1.54) is 3.97 Å². The third-order valence-electron chi connectivity index (χ3n) is 6.67. The van der Waals surface area contributed by atoms with E-state index in [0.29, 0.717) is 24.2 Å². The van der Waals surface area contributed by atoms with E-state index in [9.17, 15) is 18.3 Å². The second-order valence-corrected chi connectivity index (χ2v) is 10.8. The van der Waals surface area contributed by atoms with Gasteiger partial charge in [0.2, 0.25) is 0 Å². The smallest absolute Gasteiger partial charge is 0.410 e. The summed E-state index contributed by atoms with van der Waals surface area (Å²) in [6.07, 6.45) is 0.134. The molecule has 0 fully saturated rings. The van der Waals surface area contributed by atoms with Crippen molar-refractivity contribution in [3.63, 3.8) is 0 Å². The van der Waals surface area contributed by atoms with Crippen LogP contribution in [0.2, 0.25) is 0 Å². The van der Waals surface area contributed by atoms with Crippen molar-refractivity contribution in [2.75, 3.05) is 13.2 Å². The van der Waals surface area contributed by atoms with Crippen LogP contribution in [0, 0.1) is 6.92 Å². The summed E-state index contributed by atoms with van der Waals surface area (Å²) < 4.78 is 35.0. The van der Waals surface area contributed by atoms with E-state index in [0.717, 1.165) is 22.1 Å². The molecule has 1 aliphatic heterocycles. The summed E-state index contributed by atoms with van der Waals surface area (Å²) in [5.74, 6) is 0. The molecule has 4 aromatic rings. The number of carbonyl (C=O) groups is 1. The van der Waals surface area contributed by atoms with Crippen molar-refractivity contribution in [1.82, 2.24) is 8.87 Å². The highest BCUT2D eigenvalue weighted by atomic mass is 32.2. The van der Waals surface area contributed by atoms with Crippen molar-refractivity contribution in [3.8, 4) is 0 Å². The van der Waals surface area contributed by atoms with E-state index in [1.807, 2.05) is 55.5 Å². The molecule has 1 N–H and O–H groups in total. The molecule has 0 aliphatic carbocycles. The number of fused-ring (bicyclic) bond motifs is 3. The van der Waals surface area contributed by atoms with Gasteiger partial charge in [-0.15, -0.1) is 0 Å². The zero-order valence-corrected chi connectivity index (χ0v) is 20.8. The van der Waals surface area contributed by atoms with Gasteiger partial charge in [-0.1, -0.05) is 66.2 Å². The second-order valence-electron chi connectivity index (χ2n) is 8.98. The lowest BCUT2D eigenvalue weighted by Crippen LogP contribution is -2.42. The number of benzene rings is 3. The summed E-state index contributed by atoms with van der Waals surface area (Å²) in [5.41, 5.74) is 3.77. The predicted octanol–water partition coefficient (Wildman–Crippen LogP) is 4.81. The van der Waals surface area contributed by atoms with Gasteiger partial charge in [0.1, 0.15) is 6.61 Å². The summed E-state index contributed by atoms with van der Waals surface area (Å²) >= 11 is 0. The van der Waals surface area contributed by atoms with Crippen LogP contribution in [0.4, 0.5) is 4.79 Å². The molecule has 0 saturated heterocycles. The number of aromatic nitrogens is 1. The van der Waals surface area contributed by atoms with Crippen LogP contribution >= 0.6 is 0 Å². The molecule has 1 aromatic heterocycles. The van der Waals surface area contributed by atoms with E-state index in [4.69, 9.17) is 4.74 Å². The molecule has 0 saturated carbocycles. The van der Waals surface area contributed by atoms with Crippen LogP contribution in [0.15, 0.2) is 83.8 Å². The highest BCUT2D eigenvalue weighted by Crippen LogP contribution is 2.41. The maximum atomic E-state index is 14.0. The summed E-state index contributed by atoms with van der Waals surface area (Å²) in [6, 6.07) is 22.8. The van der Waals surface area contributed by atoms with Gasteiger partial charge in [-0.05, 0) is 49.1 Å². The fourth-order valence-corrected chi connectivity index (χ4v) is 6.54. The number of para-hydroxylation sites is 1. The van der Waals surface area contributed by atoms with E-state index < -0.39 is 22.2 Å². The first-order chi connectivity index (χ1) is 17.4. The number of nitrogens with zero attached hydrogens (tertiary/aromatic N) is 2. The molecule has 7 nitrogen and oxygen atoms in total. The van der Waals surface area contributed by atoms with E-state index in [-0.39, 0.29) is 24.5 Å². The zero-order valence-electron chi connectivity index (χ0n) is 20.0. The first-order valence-electron chi connectivity index (χ1n) is 11.9. The Hall–Kier alpha value is -3.62. The summed E-state index contributed by atoms with van der Waals surface area (Å²) in [5, 5.41) is 10.8. The number of aliphatic hydroxyl groups excluding tert-OH is 1. The lowest BCUT2D eigenvalue weighted by atomic mass is 9.96. The van der Waals surface area contributed by atoms with Crippen molar-refractivity contribution < 1.29 is 23.1 Å². The Bertz CT molecular complexity index is 1490. The Morgan fingerprint density at radius 3 is 2.42 bits per heavy atom. The number of aryl methyl sites for hydroxylation is 1. The van der Waals surface area contributed by atoms with Crippen LogP contribution in [0.25, 0.3) is 10.9 Å². The molecular formula is C28H28N2O5S. The largest absolute Gasteiger partial charge is 0.445 e. The molecule has 8 heteroatoms. The van der Waals surface area contributed by atoms with Crippen molar-refractivity contribution in [2.24, 2.45) is 0 Å². The Balaban J connectivity index is 1.61. The van der Waals surface area contributed by atoms with E-state index in [1.54, 1.807) is 35.2 Å². The third-order valence-corrected chi connectivity index (χ3v) is 8.41. The molecule has 36 heavy (non-hydrogen) atoms. The molecule has 0 unspecified atom stereocenters. The normalized spacial score (nSPS) is 15.6. The fraction of sp³-hybridized carbons (Fsp3) is 0.250. The van der Waals surface area contributed by atoms with Crippen molar-refractivity contribution in [2.45, 2.75) is 37.3 Å². The SMILES string of the molecule is Cc1ccc(S(=O)(=O)n2c3c(c4ccccc42)CCN(C(=O)OCc2ccccc2)[C@H]3CCO)cc1. The topological polar surface area (TPSA) is 88.8 Å². The van der Waals surface area contributed by atoms with Gasteiger partial charge in [0, 0.05) is 18.5 Å². The van der Waals surface area contributed by atoms with Gasteiger partial charge in [0.05, 0.1) is 22.1 Å². The van der Waals surface area contributed by atoms with Gasteiger partial charge in [0.25, 0.3) is 10.0 Å². The summed E-state index contributed by atoms with van der Waals surface area (Å²) in [4.78, 5) is 14.9. The van der Waals surface area contributed by atoms with E-state index >= 15 is 0 Å². The quantitative estimate of drug-likeness (QED) is 0.407. The van der Waals surface area contributed by atoms with Crippen LogP contribution in [-0.4, -0.2) is 41.6 Å². The molecule has 1 aliphatic rings. The molecular weight excluding hydrogens is 476 g/mol. The van der Waals surface area contributed by atoms with Crippen LogP contribution < -0.4 is 0 Å². The van der Waals surface area contributed by atoms with E-state index in [2.05, 4.69) is 0 Å². The van der Waals surface area contributed by atoms with Gasteiger partial charge < -0.3 is 9.84 Å². The van der Waals surface area contributed by atoms with Crippen LogP contribution in [-0.2, 0) is 27.8 Å². The van der Waals surface area contributed by atoms with Gasteiger partial charge >= 0.3 is 6.09 Å². The average Bonchev–Trinajstić information content (AvgIpc) is 3.24. The van der Waals surface area contributed by atoms with Crippen LogP contribution in [0.1, 0.15) is 34.8 Å². The Labute approximate surface area is 210 Å². The molecule has 0 bridgehead atoms. The third kappa shape index (κ3) is 4.27. The Morgan fingerprint density at radius 1 is 1.00 bits per heavy atom. The summed E-state index contributed by atoms with van der Waals surface area (Å²) in [7, 11) is -3.98. The fourth-order valence-electron chi connectivity index (χ4n) is 4.94. The second kappa shape index (κ2) is 9.79.